The van der Waals surface area contributed by atoms with E-state index in [4.69, 9.17) is 21.3 Å². The van der Waals surface area contributed by atoms with Crippen molar-refractivity contribution in [1.29, 1.82) is 0 Å². The molecule has 0 saturated carbocycles. The quantitative estimate of drug-likeness (QED) is 0.128. The van der Waals surface area contributed by atoms with Crippen LogP contribution in [0.4, 0.5) is 0 Å². The molecular formula is C8H20CaN2O7P+. The third kappa shape index (κ3) is 13.2. The Bertz CT molecular complexity index is 341. The van der Waals surface area contributed by atoms with Crippen LogP contribution in [0.2, 0.25) is 0 Å². The number of rotatable bonds is 8. The molecule has 0 aromatic carbocycles. The average molecular weight is 327 g/mol. The number of hydrogen-bond acceptors (Lipinski definition) is 7. The number of esters is 2. The maximum atomic E-state index is 11.2. The minimum absolute atomic E-state index is 0. The predicted octanol–water partition coefficient (Wildman–Crippen LogP) is -2.18. The third-order valence-electron chi connectivity index (χ3n) is 1.84. The van der Waals surface area contributed by atoms with E-state index in [-0.39, 0.29) is 39.2 Å². The molecule has 0 bridgehead atoms. The van der Waals surface area contributed by atoms with Crippen LogP contribution in [0, 0.1) is 0 Å². The standard InChI is InChI=1S/C8H17N2O7P.Ca.2H/c9-4-2-1-3-6(10)8(12)17-7(11)5-16-18(13,14)15;;;/h6H,1-5,9-10H2,(H2,13,14,15);;;/p+1/t6-;;;/m0.../s1. The van der Waals surface area contributed by atoms with Gasteiger partial charge >= 0.3 is 58.9 Å². The zero-order valence-corrected chi connectivity index (χ0v) is 10.5. The van der Waals surface area contributed by atoms with Crippen molar-refractivity contribution in [1.82, 2.24) is 0 Å². The minimum atomic E-state index is -4.77. The summed E-state index contributed by atoms with van der Waals surface area (Å²) < 4.78 is 18.4. The summed E-state index contributed by atoms with van der Waals surface area (Å²) in [5, 5.41) is 0. The molecule has 1 atom stereocenters. The average Bonchev–Trinajstić information content (AvgIpc) is 2.25. The molecule has 0 aliphatic heterocycles. The van der Waals surface area contributed by atoms with Crippen molar-refractivity contribution >= 4 is 57.5 Å². The second kappa shape index (κ2) is 11.1. The van der Waals surface area contributed by atoms with Gasteiger partial charge in [0.15, 0.2) is 6.61 Å². The van der Waals surface area contributed by atoms with Gasteiger partial charge < -0.3 is 26.0 Å². The first-order valence-corrected chi connectivity index (χ1v) is 6.69. The van der Waals surface area contributed by atoms with Crippen LogP contribution in [-0.4, -0.2) is 78.7 Å². The normalized spacial score (nSPS) is 12.4. The van der Waals surface area contributed by atoms with Gasteiger partial charge in [0, 0.05) is 0 Å². The van der Waals surface area contributed by atoms with Crippen LogP contribution in [0.15, 0.2) is 0 Å². The van der Waals surface area contributed by atoms with Gasteiger partial charge in [-0.05, 0) is 19.4 Å². The van der Waals surface area contributed by atoms with Crippen molar-refractivity contribution in [3.05, 3.63) is 0 Å². The molecule has 0 heterocycles. The Kier molecular flexibility index (Phi) is 12.7. The Morgan fingerprint density at radius 1 is 1.32 bits per heavy atom. The summed E-state index contributed by atoms with van der Waals surface area (Å²) >= 11 is 0. The van der Waals surface area contributed by atoms with Crippen molar-refractivity contribution in [2.75, 3.05) is 13.2 Å². The van der Waals surface area contributed by atoms with E-state index in [1.54, 1.807) is 0 Å². The molecule has 0 rings (SSSR count). The van der Waals surface area contributed by atoms with Gasteiger partial charge in [0.1, 0.15) is 6.04 Å². The van der Waals surface area contributed by atoms with Crippen LogP contribution in [-0.2, 0) is 23.4 Å². The summed E-state index contributed by atoms with van der Waals surface area (Å²) in [6, 6.07) is -0.976. The molecule has 6 N–H and O–H groups in total. The van der Waals surface area contributed by atoms with E-state index < -0.39 is 32.4 Å². The summed E-state index contributed by atoms with van der Waals surface area (Å²) in [7, 11) is -4.77. The van der Waals surface area contributed by atoms with E-state index in [0.29, 0.717) is 25.8 Å². The molecule has 11 heteroatoms. The molecule has 19 heavy (non-hydrogen) atoms. The van der Waals surface area contributed by atoms with Crippen LogP contribution in [0.25, 0.3) is 0 Å². The molecule has 110 valence electrons. The molecule has 0 spiro atoms. The Morgan fingerprint density at radius 3 is 2.37 bits per heavy atom. The monoisotopic (exact) mass is 327 g/mol. The Balaban J connectivity index is -0.00000144. The fourth-order valence-corrected chi connectivity index (χ4v) is 1.25. The van der Waals surface area contributed by atoms with E-state index >= 15 is 0 Å². The van der Waals surface area contributed by atoms with Crippen molar-refractivity contribution in [2.45, 2.75) is 25.3 Å². The predicted molar refractivity (Wildman–Crippen MR) is 69.6 cm³/mol. The summed E-state index contributed by atoms with van der Waals surface area (Å²) in [5.41, 5.74) is 10.7. The van der Waals surface area contributed by atoms with Crippen LogP contribution in [0.5, 0.6) is 0 Å². The van der Waals surface area contributed by atoms with Crippen molar-refractivity contribution in [3.8, 4) is 0 Å². The Hall–Kier alpha value is 0.430. The van der Waals surface area contributed by atoms with E-state index in [0.717, 1.165) is 0 Å². The van der Waals surface area contributed by atoms with Crippen molar-refractivity contribution in [2.24, 2.45) is 11.5 Å². The van der Waals surface area contributed by atoms with Crippen LogP contribution in [0.3, 0.4) is 0 Å². The van der Waals surface area contributed by atoms with Gasteiger partial charge in [-0.3, -0.25) is 4.52 Å². The number of carbonyl (C=O) groups is 2. The van der Waals surface area contributed by atoms with Gasteiger partial charge in [-0.25, -0.2) is 14.2 Å². The summed E-state index contributed by atoms with van der Waals surface area (Å²) in [5.74, 6) is -2.18. The molecule has 0 fully saturated rings. The van der Waals surface area contributed by atoms with E-state index in [9.17, 15) is 14.2 Å². The maximum absolute atomic E-state index is 11.2. The molecule has 0 saturated heterocycles. The van der Waals surface area contributed by atoms with Gasteiger partial charge in [-0.15, -0.1) is 0 Å². The summed E-state index contributed by atoms with van der Waals surface area (Å²) in [6.07, 6.45) is 1.61. The first kappa shape index (κ1) is 21.7. The number of unbranched alkanes of at least 4 members (excludes halogenated alkanes) is 1. The minimum Gasteiger partial charge on any atom is 1.00 e. The fourth-order valence-electron chi connectivity index (χ4n) is 0.981. The number of nitrogens with two attached hydrogens (primary N) is 2. The van der Waals surface area contributed by atoms with E-state index in [1.165, 1.54) is 0 Å². The number of hydrogen-bond donors (Lipinski definition) is 4. The van der Waals surface area contributed by atoms with Crippen LogP contribution < -0.4 is 11.5 Å². The summed E-state index contributed by atoms with van der Waals surface area (Å²) in [4.78, 5) is 38.8. The molecule has 0 aliphatic carbocycles. The molecule has 0 amide bonds. The smallest absolute Gasteiger partial charge is 1.00 e. The Labute approximate surface area is 141 Å². The molecule has 0 aromatic heterocycles. The first-order valence-electron chi connectivity index (χ1n) is 5.16. The topological polar surface area (TPSA) is 162 Å². The number of phosphoric ester groups is 1. The van der Waals surface area contributed by atoms with Gasteiger partial charge in [0.25, 0.3) is 0 Å². The van der Waals surface area contributed by atoms with Gasteiger partial charge in [-0.2, -0.15) is 0 Å². The van der Waals surface area contributed by atoms with Crippen molar-refractivity contribution in [3.63, 3.8) is 0 Å². The number of ether oxygens (including phenoxy) is 1. The van der Waals surface area contributed by atoms with Crippen LogP contribution >= 0.6 is 7.82 Å². The first-order chi connectivity index (χ1) is 8.26. The molecule has 9 nitrogen and oxygen atoms in total. The number of phosphoric acid groups is 1. The second-order valence-electron chi connectivity index (χ2n) is 3.45. The van der Waals surface area contributed by atoms with E-state index in [2.05, 4.69) is 9.26 Å². The molecule has 0 aliphatic rings. The molecular weight excluding hydrogens is 307 g/mol. The zero-order valence-electron chi connectivity index (χ0n) is 10.7. The zero-order chi connectivity index (χ0) is 14.2. The van der Waals surface area contributed by atoms with E-state index in [1.807, 2.05) is 0 Å². The molecule has 0 radical (unpaired) electrons. The Morgan fingerprint density at radius 2 is 1.89 bits per heavy atom. The summed E-state index contributed by atoms with van der Waals surface area (Å²) in [6.45, 7) is -0.553. The van der Waals surface area contributed by atoms with Crippen molar-refractivity contribution < 1.29 is 34.6 Å². The second-order valence-corrected chi connectivity index (χ2v) is 4.69. The van der Waals surface area contributed by atoms with Gasteiger partial charge in [0.05, 0.1) is 0 Å². The SMILES string of the molecule is NCCCC[C@H](N)C(=O)OC(=O)COP(=O)(O)O.[CaH2].[H+]. The molecule has 0 aromatic rings. The maximum Gasteiger partial charge on any atom is 1.00 e. The molecule has 0 unspecified atom stereocenters. The largest absolute Gasteiger partial charge is 1.00 e. The van der Waals surface area contributed by atoms with Gasteiger partial charge in [-0.1, -0.05) is 6.42 Å². The van der Waals surface area contributed by atoms with Gasteiger partial charge in [0.2, 0.25) is 0 Å². The fraction of sp³-hybridized carbons (Fsp3) is 0.750. The number of carbonyl (C=O) groups excluding carboxylic acids is 2. The third-order valence-corrected chi connectivity index (χ3v) is 2.30. The van der Waals surface area contributed by atoms with Crippen LogP contribution in [0.1, 0.15) is 20.7 Å².